The zero-order chi connectivity index (χ0) is 11.5. The van der Waals surface area contributed by atoms with Gasteiger partial charge in [0.05, 0.1) is 16.8 Å². The molecule has 0 aliphatic heterocycles. The number of aliphatic hydroxyl groups is 1. The van der Waals surface area contributed by atoms with Crippen molar-refractivity contribution in [2.75, 3.05) is 0 Å². The summed E-state index contributed by atoms with van der Waals surface area (Å²) in [5.41, 5.74) is 0. The zero-order valence-electron chi connectivity index (χ0n) is 8.05. The standard InChI is InChI=1S/C8H8Cl2N4OS/c9-3-8-11-13-14(12-8)4-5(15)6-1-2-7(10)16-6/h1-2,5,15H,3-4H2/t5-/m0/s1. The lowest BCUT2D eigenvalue weighted by atomic mass is 10.3. The van der Waals surface area contributed by atoms with Crippen LogP contribution in [0.25, 0.3) is 0 Å². The third kappa shape index (κ3) is 2.70. The Kier molecular flexibility index (Phi) is 3.75. The minimum atomic E-state index is -0.685. The fraction of sp³-hybridized carbons (Fsp3) is 0.375. The second kappa shape index (κ2) is 5.09. The first-order chi connectivity index (χ1) is 7.69. The molecular weight excluding hydrogens is 271 g/mol. The fourth-order valence-electron chi connectivity index (χ4n) is 1.16. The number of halogens is 2. The van der Waals surface area contributed by atoms with Gasteiger partial charge in [-0.15, -0.1) is 33.1 Å². The van der Waals surface area contributed by atoms with Crippen molar-refractivity contribution in [2.45, 2.75) is 18.5 Å². The molecule has 0 aromatic carbocycles. The largest absolute Gasteiger partial charge is 0.386 e. The molecule has 0 bridgehead atoms. The number of thiophene rings is 1. The molecule has 0 aliphatic rings. The molecule has 0 amide bonds. The number of alkyl halides is 1. The Morgan fingerprint density at radius 3 is 2.88 bits per heavy atom. The van der Waals surface area contributed by atoms with E-state index in [1.807, 2.05) is 0 Å². The second-order valence-electron chi connectivity index (χ2n) is 3.05. The third-order valence-electron chi connectivity index (χ3n) is 1.87. The quantitative estimate of drug-likeness (QED) is 0.868. The van der Waals surface area contributed by atoms with Crippen LogP contribution in [-0.4, -0.2) is 25.3 Å². The Morgan fingerprint density at radius 1 is 1.50 bits per heavy atom. The third-order valence-corrected chi connectivity index (χ3v) is 3.44. The van der Waals surface area contributed by atoms with Crippen LogP contribution < -0.4 is 0 Å². The van der Waals surface area contributed by atoms with E-state index < -0.39 is 6.10 Å². The Hall–Kier alpha value is -0.690. The van der Waals surface area contributed by atoms with E-state index in [4.69, 9.17) is 23.2 Å². The summed E-state index contributed by atoms with van der Waals surface area (Å²) >= 11 is 12.6. The first kappa shape index (κ1) is 11.8. The molecule has 0 saturated carbocycles. The Morgan fingerprint density at radius 2 is 2.31 bits per heavy atom. The molecule has 5 nitrogen and oxygen atoms in total. The normalized spacial score (nSPS) is 12.9. The molecular formula is C8H8Cl2N4OS. The number of rotatable bonds is 4. The van der Waals surface area contributed by atoms with E-state index in [0.29, 0.717) is 10.2 Å². The van der Waals surface area contributed by atoms with E-state index in [1.165, 1.54) is 16.1 Å². The maximum absolute atomic E-state index is 9.86. The van der Waals surface area contributed by atoms with Gasteiger partial charge in [-0.1, -0.05) is 11.6 Å². The summed E-state index contributed by atoms with van der Waals surface area (Å²) in [7, 11) is 0. The van der Waals surface area contributed by atoms with Crippen molar-refractivity contribution in [1.29, 1.82) is 0 Å². The molecule has 2 heterocycles. The molecule has 0 aliphatic carbocycles. The SMILES string of the molecule is O[C@@H](Cn1nnc(CCl)n1)c1ccc(Cl)s1. The molecule has 1 atom stereocenters. The van der Waals surface area contributed by atoms with Gasteiger partial charge in [0.15, 0.2) is 5.82 Å². The van der Waals surface area contributed by atoms with Crippen LogP contribution in [0.4, 0.5) is 0 Å². The van der Waals surface area contributed by atoms with Crippen LogP contribution in [0, 0.1) is 0 Å². The van der Waals surface area contributed by atoms with Crippen LogP contribution in [0.3, 0.4) is 0 Å². The highest BCUT2D eigenvalue weighted by Crippen LogP contribution is 2.27. The van der Waals surface area contributed by atoms with Gasteiger partial charge in [0.2, 0.25) is 0 Å². The van der Waals surface area contributed by atoms with E-state index in [1.54, 1.807) is 12.1 Å². The summed E-state index contributed by atoms with van der Waals surface area (Å²) in [6, 6.07) is 3.51. The Bertz CT molecular complexity index is 472. The predicted octanol–water partition coefficient (Wildman–Crippen LogP) is 1.86. The fourth-order valence-corrected chi connectivity index (χ4v) is 2.30. The lowest BCUT2D eigenvalue weighted by Gasteiger charge is -2.05. The van der Waals surface area contributed by atoms with Gasteiger partial charge in [-0.05, 0) is 17.3 Å². The molecule has 0 unspecified atom stereocenters. The molecule has 2 aromatic heterocycles. The maximum atomic E-state index is 9.86. The molecule has 0 fully saturated rings. The number of aromatic nitrogens is 4. The predicted molar refractivity (Wildman–Crippen MR) is 61.7 cm³/mol. The van der Waals surface area contributed by atoms with Crippen molar-refractivity contribution in [2.24, 2.45) is 0 Å². The molecule has 86 valence electrons. The molecule has 1 N–H and O–H groups in total. The number of nitrogens with zero attached hydrogens (tertiary/aromatic N) is 4. The van der Waals surface area contributed by atoms with Crippen molar-refractivity contribution in [3.05, 3.63) is 27.2 Å². The van der Waals surface area contributed by atoms with E-state index in [2.05, 4.69) is 15.4 Å². The highest BCUT2D eigenvalue weighted by molar-refractivity contribution is 7.16. The number of aliphatic hydroxyl groups excluding tert-OH is 1. The highest BCUT2D eigenvalue weighted by atomic mass is 35.5. The van der Waals surface area contributed by atoms with Crippen LogP contribution in [0.15, 0.2) is 12.1 Å². The van der Waals surface area contributed by atoms with E-state index in [0.717, 1.165) is 4.88 Å². The van der Waals surface area contributed by atoms with Crippen molar-refractivity contribution in [3.63, 3.8) is 0 Å². The number of tetrazole rings is 1. The van der Waals surface area contributed by atoms with Crippen molar-refractivity contribution >= 4 is 34.5 Å². The van der Waals surface area contributed by atoms with Gasteiger partial charge in [0.25, 0.3) is 0 Å². The number of hydrogen-bond donors (Lipinski definition) is 1. The van der Waals surface area contributed by atoms with Crippen molar-refractivity contribution < 1.29 is 5.11 Å². The van der Waals surface area contributed by atoms with Gasteiger partial charge in [-0.25, -0.2) is 0 Å². The monoisotopic (exact) mass is 278 g/mol. The Balaban J connectivity index is 2.04. The average molecular weight is 279 g/mol. The first-order valence-electron chi connectivity index (χ1n) is 4.45. The summed E-state index contributed by atoms with van der Waals surface area (Å²) in [5, 5.41) is 21.3. The summed E-state index contributed by atoms with van der Waals surface area (Å²) in [4.78, 5) is 2.09. The molecule has 0 radical (unpaired) electrons. The van der Waals surface area contributed by atoms with Crippen LogP contribution >= 0.6 is 34.5 Å². The van der Waals surface area contributed by atoms with Crippen LogP contribution in [0.5, 0.6) is 0 Å². The van der Waals surface area contributed by atoms with Gasteiger partial charge in [0, 0.05) is 4.88 Å². The molecule has 16 heavy (non-hydrogen) atoms. The molecule has 2 aromatic rings. The minimum Gasteiger partial charge on any atom is -0.386 e. The maximum Gasteiger partial charge on any atom is 0.189 e. The second-order valence-corrected chi connectivity index (χ2v) is 5.07. The Labute approximate surface area is 106 Å². The summed E-state index contributed by atoms with van der Waals surface area (Å²) in [6.07, 6.45) is -0.685. The van der Waals surface area contributed by atoms with Gasteiger partial charge < -0.3 is 5.11 Å². The van der Waals surface area contributed by atoms with Crippen molar-refractivity contribution in [1.82, 2.24) is 20.2 Å². The highest BCUT2D eigenvalue weighted by Gasteiger charge is 2.13. The lowest BCUT2D eigenvalue weighted by Crippen LogP contribution is -2.10. The van der Waals surface area contributed by atoms with Gasteiger partial charge in [-0.2, -0.15) is 4.80 Å². The molecule has 0 saturated heterocycles. The first-order valence-corrected chi connectivity index (χ1v) is 6.18. The summed E-state index contributed by atoms with van der Waals surface area (Å²) in [6.45, 7) is 0.237. The molecule has 2 rings (SSSR count). The molecule has 8 heteroatoms. The number of hydrogen-bond acceptors (Lipinski definition) is 5. The van der Waals surface area contributed by atoms with Crippen LogP contribution in [0.1, 0.15) is 16.8 Å². The van der Waals surface area contributed by atoms with Gasteiger partial charge in [0.1, 0.15) is 6.10 Å². The van der Waals surface area contributed by atoms with Crippen LogP contribution in [-0.2, 0) is 12.4 Å². The van der Waals surface area contributed by atoms with Gasteiger partial charge in [-0.3, -0.25) is 0 Å². The van der Waals surface area contributed by atoms with E-state index in [9.17, 15) is 5.11 Å². The van der Waals surface area contributed by atoms with Gasteiger partial charge >= 0.3 is 0 Å². The minimum absolute atomic E-state index is 0.209. The lowest BCUT2D eigenvalue weighted by molar-refractivity contribution is 0.148. The van der Waals surface area contributed by atoms with Crippen LogP contribution in [0.2, 0.25) is 4.34 Å². The summed E-state index contributed by atoms with van der Waals surface area (Å²) in [5.74, 6) is 0.652. The van der Waals surface area contributed by atoms with E-state index >= 15 is 0 Å². The molecule has 0 spiro atoms. The average Bonchev–Trinajstić information content (AvgIpc) is 2.87. The van der Waals surface area contributed by atoms with Crippen molar-refractivity contribution in [3.8, 4) is 0 Å². The summed E-state index contributed by atoms with van der Waals surface area (Å²) < 4.78 is 0.641. The zero-order valence-corrected chi connectivity index (χ0v) is 10.4. The topological polar surface area (TPSA) is 63.8 Å². The smallest absolute Gasteiger partial charge is 0.189 e. The van der Waals surface area contributed by atoms with E-state index in [-0.39, 0.29) is 12.4 Å².